The average molecular weight is 257 g/mol. The molecule has 0 spiro atoms. The molecule has 0 bridgehead atoms. The highest BCUT2D eigenvalue weighted by Gasteiger charge is 2.04. The lowest BCUT2D eigenvalue weighted by Gasteiger charge is -2.06. The van der Waals surface area contributed by atoms with Crippen LogP contribution in [0.15, 0.2) is 42.7 Å². The van der Waals surface area contributed by atoms with Gasteiger partial charge in [0.2, 0.25) is 5.91 Å². The lowest BCUT2D eigenvalue weighted by atomic mass is 10.3. The molecule has 98 valence electrons. The zero-order valence-corrected chi connectivity index (χ0v) is 10.5. The minimum Gasteiger partial charge on any atom is -0.350 e. The van der Waals surface area contributed by atoms with E-state index in [-0.39, 0.29) is 5.91 Å². The quantitative estimate of drug-likeness (QED) is 0.796. The van der Waals surface area contributed by atoms with Gasteiger partial charge in [-0.15, -0.1) is 0 Å². The number of carbonyl (C=O) groups is 2. The fourth-order valence-electron chi connectivity index (χ4n) is 1.74. The van der Waals surface area contributed by atoms with Crippen LogP contribution in [0.3, 0.4) is 0 Å². The molecule has 2 rings (SSSR count). The molecule has 0 aromatic carbocycles. The molecule has 0 aliphatic carbocycles. The zero-order valence-electron chi connectivity index (χ0n) is 10.5. The predicted molar refractivity (Wildman–Crippen MR) is 70.5 cm³/mol. The molecular formula is C14H15N3O2. The van der Waals surface area contributed by atoms with Crippen molar-refractivity contribution in [3.05, 3.63) is 54.1 Å². The van der Waals surface area contributed by atoms with Crippen LogP contribution >= 0.6 is 0 Å². The SMILES string of the molecule is O=Cc1cccn1CCC(=O)NCc1ccccn1. The van der Waals surface area contributed by atoms with Crippen molar-refractivity contribution < 1.29 is 9.59 Å². The van der Waals surface area contributed by atoms with E-state index >= 15 is 0 Å². The first-order valence-corrected chi connectivity index (χ1v) is 6.06. The molecule has 0 aliphatic rings. The number of nitrogens with zero attached hydrogens (tertiary/aromatic N) is 2. The fourth-order valence-corrected chi connectivity index (χ4v) is 1.74. The topological polar surface area (TPSA) is 64.0 Å². The molecule has 1 amide bonds. The van der Waals surface area contributed by atoms with Crippen molar-refractivity contribution in [3.8, 4) is 0 Å². The van der Waals surface area contributed by atoms with E-state index in [0.717, 1.165) is 12.0 Å². The van der Waals surface area contributed by atoms with Crippen molar-refractivity contribution >= 4 is 12.2 Å². The number of aryl methyl sites for hydroxylation is 1. The number of nitrogens with one attached hydrogen (secondary N) is 1. The summed E-state index contributed by atoms with van der Waals surface area (Å²) in [6.07, 6.45) is 4.60. The van der Waals surface area contributed by atoms with Gasteiger partial charge in [-0.3, -0.25) is 14.6 Å². The molecule has 2 aromatic rings. The van der Waals surface area contributed by atoms with Gasteiger partial charge in [-0.1, -0.05) is 6.07 Å². The number of aromatic nitrogens is 2. The maximum absolute atomic E-state index is 11.7. The van der Waals surface area contributed by atoms with E-state index in [1.165, 1.54) is 0 Å². The van der Waals surface area contributed by atoms with E-state index < -0.39 is 0 Å². The maximum Gasteiger partial charge on any atom is 0.222 e. The van der Waals surface area contributed by atoms with Crippen LogP contribution in [-0.4, -0.2) is 21.7 Å². The van der Waals surface area contributed by atoms with E-state index in [2.05, 4.69) is 10.3 Å². The van der Waals surface area contributed by atoms with E-state index in [1.54, 1.807) is 29.1 Å². The largest absolute Gasteiger partial charge is 0.350 e. The normalized spacial score (nSPS) is 10.1. The Labute approximate surface area is 111 Å². The van der Waals surface area contributed by atoms with Crippen molar-refractivity contribution in [1.29, 1.82) is 0 Å². The molecule has 1 N–H and O–H groups in total. The third-order valence-electron chi connectivity index (χ3n) is 2.76. The molecule has 2 aromatic heterocycles. The highest BCUT2D eigenvalue weighted by molar-refractivity contribution is 5.76. The van der Waals surface area contributed by atoms with Crippen LogP contribution < -0.4 is 5.32 Å². The first kappa shape index (κ1) is 13.0. The number of hydrogen-bond acceptors (Lipinski definition) is 3. The lowest BCUT2D eigenvalue weighted by Crippen LogP contribution is -2.24. The Balaban J connectivity index is 1.77. The Bertz CT molecular complexity index is 549. The molecule has 0 aliphatic heterocycles. The van der Waals surface area contributed by atoms with Crippen LogP contribution in [0.1, 0.15) is 22.6 Å². The van der Waals surface area contributed by atoms with E-state index in [1.807, 2.05) is 18.2 Å². The number of rotatable bonds is 6. The summed E-state index contributed by atoms with van der Waals surface area (Å²) in [5, 5.41) is 2.80. The van der Waals surface area contributed by atoms with Gasteiger partial charge in [0.1, 0.15) is 0 Å². The Morgan fingerprint density at radius 2 is 2.21 bits per heavy atom. The van der Waals surface area contributed by atoms with Gasteiger partial charge in [0.25, 0.3) is 0 Å². The third kappa shape index (κ3) is 3.77. The fraction of sp³-hybridized carbons (Fsp3) is 0.214. The summed E-state index contributed by atoms with van der Waals surface area (Å²) in [7, 11) is 0. The van der Waals surface area contributed by atoms with Crippen LogP contribution in [0.2, 0.25) is 0 Å². The molecule has 0 fully saturated rings. The van der Waals surface area contributed by atoms with Crippen LogP contribution in [-0.2, 0) is 17.9 Å². The highest BCUT2D eigenvalue weighted by atomic mass is 16.1. The summed E-state index contributed by atoms with van der Waals surface area (Å²) >= 11 is 0. The van der Waals surface area contributed by atoms with E-state index in [0.29, 0.717) is 25.2 Å². The number of pyridine rings is 1. The van der Waals surface area contributed by atoms with Crippen molar-refractivity contribution in [1.82, 2.24) is 14.9 Å². The number of amides is 1. The standard InChI is InChI=1S/C14H15N3O2/c18-11-13-5-3-8-17(13)9-6-14(19)16-10-12-4-1-2-7-15-12/h1-5,7-8,11H,6,9-10H2,(H,16,19). The summed E-state index contributed by atoms with van der Waals surface area (Å²) in [4.78, 5) is 26.5. The Morgan fingerprint density at radius 1 is 1.32 bits per heavy atom. The summed E-state index contributed by atoms with van der Waals surface area (Å²) in [5.74, 6) is -0.0591. The van der Waals surface area contributed by atoms with Gasteiger partial charge >= 0.3 is 0 Å². The molecule has 0 radical (unpaired) electrons. The molecule has 0 saturated carbocycles. The molecular weight excluding hydrogens is 242 g/mol. The molecule has 2 heterocycles. The van der Waals surface area contributed by atoms with Crippen molar-refractivity contribution in [2.45, 2.75) is 19.5 Å². The Morgan fingerprint density at radius 3 is 2.95 bits per heavy atom. The van der Waals surface area contributed by atoms with E-state index in [9.17, 15) is 9.59 Å². The monoisotopic (exact) mass is 257 g/mol. The van der Waals surface area contributed by atoms with Gasteiger partial charge in [-0.05, 0) is 24.3 Å². The summed E-state index contributed by atoms with van der Waals surface area (Å²) in [5.41, 5.74) is 1.41. The maximum atomic E-state index is 11.7. The van der Waals surface area contributed by atoms with Crippen molar-refractivity contribution in [2.75, 3.05) is 0 Å². The van der Waals surface area contributed by atoms with Crippen LogP contribution in [0.4, 0.5) is 0 Å². The second-order valence-corrected chi connectivity index (χ2v) is 4.09. The van der Waals surface area contributed by atoms with Gasteiger partial charge in [0.05, 0.1) is 17.9 Å². The predicted octanol–water partition coefficient (Wildman–Crippen LogP) is 1.40. The molecule has 5 heteroatoms. The molecule has 5 nitrogen and oxygen atoms in total. The van der Waals surface area contributed by atoms with Gasteiger partial charge < -0.3 is 9.88 Å². The van der Waals surface area contributed by atoms with Gasteiger partial charge in [0.15, 0.2) is 6.29 Å². The summed E-state index contributed by atoms with van der Waals surface area (Å²) in [6.45, 7) is 0.918. The highest BCUT2D eigenvalue weighted by Crippen LogP contribution is 2.01. The zero-order chi connectivity index (χ0) is 13.5. The number of hydrogen-bond donors (Lipinski definition) is 1. The molecule has 0 unspecified atom stereocenters. The number of aldehydes is 1. The van der Waals surface area contributed by atoms with Crippen LogP contribution in [0, 0.1) is 0 Å². The summed E-state index contributed by atoms with van der Waals surface area (Å²) in [6, 6.07) is 9.08. The van der Waals surface area contributed by atoms with Gasteiger partial charge in [-0.25, -0.2) is 0 Å². The second kappa shape index (κ2) is 6.49. The van der Waals surface area contributed by atoms with Gasteiger partial charge in [-0.2, -0.15) is 0 Å². The minimum atomic E-state index is -0.0591. The van der Waals surface area contributed by atoms with Crippen LogP contribution in [0.25, 0.3) is 0 Å². The Kier molecular flexibility index (Phi) is 4.44. The van der Waals surface area contributed by atoms with Crippen molar-refractivity contribution in [3.63, 3.8) is 0 Å². The third-order valence-corrected chi connectivity index (χ3v) is 2.76. The van der Waals surface area contributed by atoms with Crippen molar-refractivity contribution in [2.24, 2.45) is 0 Å². The summed E-state index contributed by atoms with van der Waals surface area (Å²) < 4.78 is 1.76. The van der Waals surface area contributed by atoms with Gasteiger partial charge in [0, 0.05) is 25.4 Å². The second-order valence-electron chi connectivity index (χ2n) is 4.09. The average Bonchev–Trinajstić information content (AvgIpc) is 2.91. The first-order chi connectivity index (χ1) is 9.29. The molecule has 0 saturated heterocycles. The Hall–Kier alpha value is -2.43. The molecule has 0 atom stereocenters. The minimum absolute atomic E-state index is 0.0591. The van der Waals surface area contributed by atoms with E-state index in [4.69, 9.17) is 0 Å². The smallest absolute Gasteiger partial charge is 0.222 e. The first-order valence-electron chi connectivity index (χ1n) is 6.06. The number of carbonyl (C=O) groups excluding carboxylic acids is 2. The van der Waals surface area contributed by atoms with Crippen LogP contribution in [0.5, 0.6) is 0 Å². The lowest BCUT2D eigenvalue weighted by molar-refractivity contribution is -0.121. The molecule has 19 heavy (non-hydrogen) atoms.